The first kappa shape index (κ1) is 11.7. The lowest BCUT2D eigenvalue weighted by Gasteiger charge is -2.08. The fourth-order valence-electron chi connectivity index (χ4n) is 2.28. The van der Waals surface area contributed by atoms with Crippen molar-refractivity contribution in [2.24, 2.45) is 7.05 Å². The summed E-state index contributed by atoms with van der Waals surface area (Å²) in [6, 6.07) is 14.9. The van der Waals surface area contributed by atoms with Crippen LogP contribution in [0.2, 0.25) is 0 Å². The molecule has 1 N–H and O–H groups in total. The van der Waals surface area contributed by atoms with E-state index in [4.69, 9.17) is 0 Å². The predicted molar refractivity (Wildman–Crippen MR) is 77.1 cm³/mol. The molecule has 2 aromatic carbocycles. The molecule has 3 rings (SSSR count). The number of fused-ring (bicyclic) bond motifs is 1. The van der Waals surface area contributed by atoms with Crippen molar-refractivity contribution in [3.63, 3.8) is 0 Å². The molecule has 0 bridgehead atoms. The maximum Gasteiger partial charge on any atom is 0.220 e. The number of hydrogen-bond acceptors (Lipinski definition) is 3. The van der Waals surface area contributed by atoms with E-state index < -0.39 is 0 Å². The Hall–Kier alpha value is -2.36. The van der Waals surface area contributed by atoms with Crippen LogP contribution in [0, 0.1) is 0 Å². The molecule has 0 saturated heterocycles. The molecule has 0 aliphatic rings. The molecule has 0 radical (unpaired) electrons. The van der Waals surface area contributed by atoms with Gasteiger partial charge in [0.2, 0.25) is 5.95 Å². The van der Waals surface area contributed by atoms with Gasteiger partial charge in [0.15, 0.2) is 0 Å². The zero-order valence-corrected chi connectivity index (χ0v) is 10.9. The highest BCUT2D eigenvalue weighted by atomic mass is 15.4. The monoisotopic (exact) mass is 252 g/mol. The van der Waals surface area contributed by atoms with Gasteiger partial charge in [0.05, 0.1) is 0 Å². The van der Waals surface area contributed by atoms with Gasteiger partial charge in [-0.15, -0.1) is 0 Å². The number of benzene rings is 2. The van der Waals surface area contributed by atoms with Gasteiger partial charge in [-0.1, -0.05) is 42.5 Å². The third kappa shape index (κ3) is 2.42. The second kappa shape index (κ2) is 5.10. The number of nitrogens with one attached hydrogen (secondary N) is 1. The quantitative estimate of drug-likeness (QED) is 0.776. The number of aromatic nitrogens is 3. The summed E-state index contributed by atoms with van der Waals surface area (Å²) in [6.45, 7) is 0.848. The zero-order valence-electron chi connectivity index (χ0n) is 10.9. The second-order valence-electron chi connectivity index (χ2n) is 4.52. The Morgan fingerprint density at radius 1 is 1.11 bits per heavy atom. The smallest absolute Gasteiger partial charge is 0.220 e. The highest BCUT2D eigenvalue weighted by Gasteiger charge is 2.02. The van der Waals surface area contributed by atoms with Crippen molar-refractivity contribution in [1.29, 1.82) is 0 Å². The molecule has 0 saturated carbocycles. The Labute approximate surface area is 112 Å². The van der Waals surface area contributed by atoms with Crippen LogP contribution in [-0.2, 0) is 13.5 Å². The van der Waals surface area contributed by atoms with Gasteiger partial charge >= 0.3 is 0 Å². The lowest BCUT2D eigenvalue weighted by Crippen LogP contribution is -2.09. The predicted octanol–water partition coefficient (Wildman–Crippen LogP) is 2.62. The lowest BCUT2D eigenvalue weighted by molar-refractivity contribution is 0.766. The van der Waals surface area contributed by atoms with Crippen molar-refractivity contribution in [1.82, 2.24) is 14.8 Å². The fourth-order valence-corrected chi connectivity index (χ4v) is 2.28. The van der Waals surface area contributed by atoms with Crippen LogP contribution in [0.5, 0.6) is 0 Å². The molecular weight excluding hydrogens is 236 g/mol. The van der Waals surface area contributed by atoms with Crippen LogP contribution in [0.3, 0.4) is 0 Å². The van der Waals surface area contributed by atoms with Crippen molar-refractivity contribution >= 4 is 16.7 Å². The van der Waals surface area contributed by atoms with E-state index in [1.54, 1.807) is 11.0 Å². The molecule has 1 heterocycles. The van der Waals surface area contributed by atoms with Crippen LogP contribution in [0.25, 0.3) is 10.8 Å². The van der Waals surface area contributed by atoms with Gasteiger partial charge in [-0.25, -0.2) is 4.68 Å². The fraction of sp³-hybridized carbons (Fsp3) is 0.200. The van der Waals surface area contributed by atoms with Crippen molar-refractivity contribution in [2.75, 3.05) is 11.9 Å². The van der Waals surface area contributed by atoms with Gasteiger partial charge in [0, 0.05) is 13.6 Å². The van der Waals surface area contributed by atoms with Gasteiger partial charge in [-0.3, -0.25) is 0 Å². The van der Waals surface area contributed by atoms with E-state index in [2.05, 4.69) is 57.9 Å². The van der Waals surface area contributed by atoms with Crippen molar-refractivity contribution < 1.29 is 0 Å². The van der Waals surface area contributed by atoms with Crippen LogP contribution in [0.4, 0.5) is 5.95 Å². The van der Waals surface area contributed by atoms with Crippen LogP contribution >= 0.6 is 0 Å². The Morgan fingerprint density at radius 2 is 1.95 bits per heavy atom. The summed E-state index contributed by atoms with van der Waals surface area (Å²) < 4.78 is 1.74. The molecule has 0 aliphatic carbocycles. The maximum atomic E-state index is 4.15. The first-order valence-electron chi connectivity index (χ1n) is 6.39. The van der Waals surface area contributed by atoms with Crippen LogP contribution in [-0.4, -0.2) is 21.3 Å². The third-order valence-electron chi connectivity index (χ3n) is 3.27. The van der Waals surface area contributed by atoms with E-state index in [9.17, 15) is 0 Å². The number of hydrogen-bond donors (Lipinski definition) is 1. The summed E-state index contributed by atoms with van der Waals surface area (Å²) in [5, 5.41) is 9.95. The molecule has 3 aromatic rings. The number of aryl methyl sites for hydroxylation is 1. The zero-order chi connectivity index (χ0) is 13.1. The van der Waals surface area contributed by atoms with E-state index in [0.717, 1.165) is 18.9 Å². The number of anilines is 1. The average molecular weight is 252 g/mol. The number of nitrogens with zero attached hydrogens (tertiary/aromatic N) is 3. The third-order valence-corrected chi connectivity index (χ3v) is 3.27. The molecule has 0 spiro atoms. The summed E-state index contributed by atoms with van der Waals surface area (Å²) >= 11 is 0. The SMILES string of the molecule is Cn1ncnc1NCCc1cccc2ccccc12. The molecule has 0 aliphatic heterocycles. The van der Waals surface area contributed by atoms with Crippen LogP contribution < -0.4 is 5.32 Å². The Morgan fingerprint density at radius 3 is 2.79 bits per heavy atom. The summed E-state index contributed by atoms with van der Waals surface area (Å²) in [5.41, 5.74) is 1.35. The second-order valence-corrected chi connectivity index (χ2v) is 4.52. The van der Waals surface area contributed by atoms with E-state index in [1.165, 1.54) is 16.3 Å². The van der Waals surface area contributed by atoms with Crippen molar-refractivity contribution in [3.05, 3.63) is 54.4 Å². The normalized spacial score (nSPS) is 10.8. The van der Waals surface area contributed by atoms with E-state index in [0.29, 0.717) is 0 Å². The van der Waals surface area contributed by atoms with E-state index in [1.807, 2.05) is 7.05 Å². The summed E-state index contributed by atoms with van der Waals surface area (Å²) in [5.74, 6) is 0.806. The van der Waals surface area contributed by atoms with Crippen LogP contribution in [0.1, 0.15) is 5.56 Å². The summed E-state index contributed by atoms with van der Waals surface area (Å²) in [6.07, 6.45) is 2.52. The molecule has 0 amide bonds. The molecule has 4 nitrogen and oxygen atoms in total. The van der Waals surface area contributed by atoms with Gasteiger partial charge in [0.1, 0.15) is 6.33 Å². The molecule has 0 fully saturated rings. The largest absolute Gasteiger partial charge is 0.354 e. The Balaban J connectivity index is 1.74. The number of rotatable bonds is 4. The first-order chi connectivity index (χ1) is 9.34. The topological polar surface area (TPSA) is 42.7 Å². The minimum atomic E-state index is 0.806. The van der Waals surface area contributed by atoms with Crippen molar-refractivity contribution in [2.45, 2.75) is 6.42 Å². The Bertz CT molecular complexity index is 682. The van der Waals surface area contributed by atoms with Gasteiger partial charge in [-0.2, -0.15) is 10.1 Å². The lowest BCUT2D eigenvalue weighted by atomic mass is 10.0. The average Bonchev–Trinajstić information content (AvgIpc) is 2.85. The minimum Gasteiger partial charge on any atom is -0.354 e. The molecule has 19 heavy (non-hydrogen) atoms. The summed E-state index contributed by atoms with van der Waals surface area (Å²) in [4.78, 5) is 4.15. The van der Waals surface area contributed by atoms with Crippen molar-refractivity contribution in [3.8, 4) is 0 Å². The molecule has 4 heteroatoms. The molecule has 1 aromatic heterocycles. The maximum absolute atomic E-state index is 4.15. The van der Waals surface area contributed by atoms with E-state index >= 15 is 0 Å². The highest BCUT2D eigenvalue weighted by molar-refractivity contribution is 5.85. The molecule has 96 valence electrons. The van der Waals surface area contributed by atoms with Gasteiger partial charge in [-0.05, 0) is 22.8 Å². The minimum absolute atomic E-state index is 0.806. The van der Waals surface area contributed by atoms with Crippen LogP contribution in [0.15, 0.2) is 48.8 Å². The standard InChI is InChI=1S/C15H16N4/c1-19-15(17-11-18-19)16-10-9-13-7-4-6-12-5-2-3-8-14(12)13/h2-8,11H,9-10H2,1H3,(H,16,17,18). The van der Waals surface area contributed by atoms with Gasteiger partial charge < -0.3 is 5.32 Å². The molecule has 0 atom stereocenters. The van der Waals surface area contributed by atoms with E-state index in [-0.39, 0.29) is 0 Å². The first-order valence-corrected chi connectivity index (χ1v) is 6.39. The highest BCUT2D eigenvalue weighted by Crippen LogP contribution is 2.18. The van der Waals surface area contributed by atoms with Gasteiger partial charge in [0.25, 0.3) is 0 Å². The molecular formula is C15H16N4. The Kier molecular flexibility index (Phi) is 3.14. The molecule has 0 unspecified atom stereocenters. The summed E-state index contributed by atoms with van der Waals surface area (Å²) in [7, 11) is 1.88.